The van der Waals surface area contributed by atoms with Crippen molar-refractivity contribution in [1.82, 2.24) is 10.2 Å². The predicted octanol–water partition coefficient (Wildman–Crippen LogP) is 2.77. The van der Waals surface area contributed by atoms with Crippen molar-refractivity contribution in [1.29, 1.82) is 0 Å². The Morgan fingerprint density at radius 3 is 2.77 bits per heavy atom. The summed E-state index contributed by atoms with van der Waals surface area (Å²) in [6.45, 7) is 8.12. The van der Waals surface area contributed by atoms with E-state index < -0.39 is 11.6 Å². The fourth-order valence-electron chi connectivity index (χ4n) is 3.25. The van der Waals surface area contributed by atoms with E-state index in [1.165, 1.54) is 19.2 Å². The van der Waals surface area contributed by atoms with Crippen molar-refractivity contribution in [2.45, 2.75) is 26.7 Å². The van der Waals surface area contributed by atoms with Gasteiger partial charge in [-0.1, -0.05) is 19.9 Å². The molecule has 5 nitrogen and oxygen atoms in total. The number of carbonyl (C=O) groups is 1. The first kappa shape index (κ1) is 20.1. The summed E-state index contributed by atoms with van der Waals surface area (Å²) in [4.78, 5) is 18.5. The SMILES string of the molecule is CCNC(=NCC(C)c1ccc(F)cc1F)N1CC(C)C(C(=O)OC)C1. The van der Waals surface area contributed by atoms with Gasteiger partial charge in [0.25, 0.3) is 0 Å². The van der Waals surface area contributed by atoms with E-state index in [0.29, 0.717) is 37.7 Å². The zero-order chi connectivity index (χ0) is 19.3. The summed E-state index contributed by atoms with van der Waals surface area (Å²) in [5.74, 6) is -0.874. The van der Waals surface area contributed by atoms with Crippen LogP contribution in [0.1, 0.15) is 32.3 Å². The lowest BCUT2D eigenvalue weighted by molar-refractivity contribution is -0.145. The first-order chi connectivity index (χ1) is 12.4. The Balaban J connectivity index is 2.10. The molecule has 0 radical (unpaired) electrons. The van der Waals surface area contributed by atoms with Gasteiger partial charge in [0.05, 0.1) is 13.0 Å². The van der Waals surface area contributed by atoms with Crippen molar-refractivity contribution < 1.29 is 18.3 Å². The zero-order valence-corrected chi connectivity index (χ0v) is 15.8. The third kappa shape index (κ3) is 4.71. The maximum atomic E-state index is 13.9. The average Bonchev–Trinajstić information content (AvgIpc) is 2.99. The van der Waals surface area contributed by atoms with Crippen molar-refractivity contribution in [3.8, 4) is 0 Å². The molecule has 0 spiro atoms. The number of ether oxygens (including phenoxy) is 1. The minimum atomic E-state index is -0.588. The number of esters is 1. The molecule has 0 bridgehead atoms. The minimum absolute atomic E-state index is 0.165. The second-order valence-electron chi connectivity index (χ2n) is 6.77. The summed E-state index contributed by atoms with van der Waals surface area (Å²) in [5.41, 5.74) is 0.438. The number of aliphatic imine (C=N–C) groups is 1. The molecule has 144 valence electrons. The van der Waals surface area contributed by atoms with Crippen molar-refractivity contribution in [2.24, 2.45) is 16.8 Å². The van der Waals surface area contributed by atoms with Gasteiger partial charge in [0.1, 0.15) is 11.6 Å². The molecule has 3 atom stereocenters. The summed E-state index contributed by atoms with van der Waals surface area (Å²) in [7, 11) is 1.40. The molecule has 0 aromatic heterocycles. The van der Waals surface area contributed by atoms with Gasteiger partial charge in [-0.2, -0.15) is 0 Å². The van der Waals surface area contributed by atoms with Gasteiger partial charge in [0.15, 0.2) is 5.96 Å². The molecule has 0 saturated carbocycles. The highest BCUT2D eigenvalue weighted by Gasteiger charge is 2.36. The van der Waals surface area contributed by atoms with Crippen LogP contribution in [0.25, 0.3) is 0 Å². The number of likely N-dealkylation sites (tertiary alicyclic amines) is 1. The second-order valence-corrected chi connectivity index (χ2v) is 6.77. The molecule has 1 aliphatic heterocycles. The first-order valence-corrected chi connectivity index (χ1v) is 8.93. The molecule has 26 heavy (non-hydrogen) atoms. The van der Waals surface area contributed by atoms with E-state index in [9.17, 15) is 13.6 Å². The maximum absolute atomic E-state index is 13.9. The molecule has 1 N–H and O–H groups in total. The van der Waals surface area contributed by atoms with E-state index in [0.717, 1.165) is 6.07 Å². The Labute approximate surface area is 153 Å². The molecular formula is C19H27F2N3O2. The number of rotatable bonds is 5. The van der Waals surface area contributed by atoms with Crippen LogP contribution in [-0.2, 0) is 9.53 Å². The summed E-state index contributed by atoms with van der Waals surface area (Å²) in [6.07, 6.45) is 0. The van der Waals surface area contributed by atoms with E-state index in [-0.39, 0.29) is 23.7 Å². The van der Waals surface area contributed by atoms with Crippen molar-refractivity contribution in [2.75, 3.05) is 33.3 Å². The number of nitrogens with zero attached hydrogens (tertiary/aromatic N) is 2. The molecule has 0 aliphatic carbocycles. The highest BCUT2D eigenvalue weighted by Crippen LogP contribution is 2.25. The van der Waals surface area contributed by atoms with Crippen LogP contribution in [0.15, 0.2) is 23.2 Å². The number of carbonyl (C=O) groups excluding carboxylic acids is 1. The number of nitrogens with one attached hydrogen (secondary N) is 1. The number of hydrogen-bond acceptors (Lipinski definition) is 3. The van der Waals surface area contributed by atoms with Crippen LogP contribution >= 0.6 is 0 Å². The third-order valence-corrected chi connectivity index (χ3v) is 4.76. The second kappa shape index (κ2) is 8.96. The van der Waals surface area contributed by atoms with E-state index in [2.05, 4.69) is 10.3 Å². The first-order valence-electron chi connectivity index (χ1n) is 8.93. The van der Waals surface area contributed by atoms with Crippen LogP contribution < -0.4 is 5.32 Å². The number of hydrogen-bond donors (Lipinski definition) is 1. The van der Waals surface area contributed by atoms with Crippen molar-refractivity contribution in [3.63, 3.8) is 0 Å². The Morgan fingerprint density at radius 2 is 2.15 bits per heavy atom. The van der Waals surface area contributed by atoms with Gasteiger partial charge in [-0.3, -0.25) is 9.79 Å². The van der Waals surface area contributed by atoms with Crippen LogP contribution in [0.2, 0.25) is 0 Å². The number of halogens is 2. The molecule has 1 aromatic carbocycles. The monoisotopic (exact) mass is 367 g/mol. The van der Waals surface area contributed by atoms with Gasteiger partial charge < -0.3 is 15.0 Å². The van der Waals surface area contributed by atoms with Crippen LogP contribution in [0, 0.1) is 23.5 Å². The summed E-state index contributed by atoms with van der Waals surface area (Å²) in [6, 6.07) is 3.61. The minimum Gasteiger partial charge on any atom is -0.469 e. The Bertz CT molecular complexity index is 666. The molecule has 0 amide bonds. The highest BCUT2D eigenvalue weighted by molar-refractivity contribution is 5.82. The van der Waals surface area contributed by atoms with Crippen LogP contribution in [0.4, 0.5) is 8.78 Å². The number of benzene rings is 1. The van der Waals surface area contributed by atoms with Gasteiger partial charge in [-0.05, 0) is 24.5 Å². The molecule has 1 saturated heterocycles. The molecule has 1 fully saturated rings. The van der Waals surface area contributed by atoms with Gasteiger partial charge in [0, 0.05) is 38.2 Å². The third-order valence-electron chi connectivity index (χ3n) is 4.76. The predicted molar refractivity (Wildman–Crippen MR) is 97.0 cm³/mol. The van der Waals surface area contributed by atoms with Gasteiger partial charge in [-0.15, -0.1) is 0 Å². The smallest absolute Gasteiger partial charge is 0.310 e. The highest BCUT2D eigenvalue weighted by atomic mass is 19.1. The van der Waals surface area contributed by atoms with E-state index in [4.69, 9.17) is 4.74 Å². The Kier molecular flexibility index (Phi) is 6.94. The normalized spacial score (nSPS) is 21.6. The average molecular weight is 367 g/mol. The molecule has 1 aliphatic rings. The molecule has 3 unspecified atom stereocenters. The summed E-state index contributed by atoms with van der Waals surface area (Å²) < 4.78 is 31.9. The van der Waals surface area contributed by atoms with E-state index in [1.54, 1.807) is 0 Å². The number of guanidine groups is 1. The lowest BCUT2D eigenvalue weighted by Crippen LogP contribution is -2.41. The quantitative estimate of drug-likeness (QED) is 0.494. The largest absolute Gasteiger partial charge is 0.469 e. The molecule has 2 rings (SSSR count). The molecule has 7 heteroatoms. The Hall–Kier alpha value is -2.18. The van der Waals surface area contributed by atoms with Gasteiger partial charge in [-0.25, -0.2) is 8.78 Å². The van der Waals surface area contributed by atoms with Gasteiger partial charge in [0.2, 0.25) is 0 Å². The molecular weight excluding hydrogens is 340 g/mol. The van der Waals surface area contributed by atoms with Crippen molar-refractivity contribution >= 4 is 11.9 Å². The maximum Gasteiger partial charge on any atom is 0.310 e. The lowest BCUT2D eigenvalue weighted by atomic mass is 9.99. The van der Waals surface area contributed by atoms with E-state index in [1.807, 2.05) is 25.7 Å². The molecule has 1 heterocycles. The van der Waals surface area contributed by atoms with Crippen molar-refractivity contribution in [3.05, 3.63) is 35.4 Å². The standard InChI is InChI=1S/C19H27F2N3O2/c1-5-22-19(24-10-13(3)16(11-24)18(25)26-4)23-9-12(2)15-7-6-14(20)8-17(15)21/h6-8,12-13,16H,5,9-11H2,1-4H3,(H,22,23). The molecule has 1 aromatic rings. The van der Waals surface area contributed by atoms with Crippen LogP contribution in [-0.4, -0.2) is 50.1 Å². The zero-order valence-electron chi connectivity index (χ0n) is 15.8. The van der Waals surface area contributed by atoms with Gasteiger partial charge >= 0.3 is 5.97 Å². The fraction of sp³-hybridized carbons (Fsp3) is 0.579. The summed E-state index contributed by atoms with van der Waals surface area (Å²) >= 11 is 0. The summed E-state index contributed by atoms with van der Waals surface area (Å²) in [5, 5.41) is 3.22. The van der Waals surface area contributed by atoms with E-state index >= 15 is 0 Å². The van der Waals surface area contributed by atoms with Crippen LogP contribution in [0.3, 0.4) is 0 Å². The fourth-order valence-corrected chi connectivity index (χ4v) is 3.25. The topological polar surface area (TPSA) is 53.9 Å². The Morgan fingerprint density at radius 1 is 1.42 bits per heavy atom. The number of methoxy groups -OCH3 is 1. The lowest BCUT2D eigenvalue weighted by Gasteiger charge is -2.22. The van der Waals surface area contributed by atoms with Crippen LogP contribution in [0.5, 0.6) is 0 Å².